The second kappa shape index (κ2) is 5.95. The molecule has 4 nitrogen and oxygen atoms in total. The topological polar surface area (TPSA) is 51.2 Å². The summed E-state index contributed by atoms with van der Waals surface area (Å²) in [4.78, 5) is 15.8. The van der Waals surface area contributed by atoms with Crippen molar-refractivity contribution in [1.82, 2.24) is 4.98 Å². The molecule has 0 fully saturated rings. The van der Waals surface area contributed by atoms with Crippen LogP contribution < -0.4 is 5.32 Å². The first-order valence-corrected chi connectivity index (χ1v) is 5.85. The van der Waals surface area contributed by atoms with Crippen molar-refractivity contribution in [3.05, 3.63) is 54.0 Å². The molecule has 98 valence electrons. The predicted octanol–water partition coefficient (Wildman–Crippen LogP) is 3.14. The Labute approximate surface area is 110 Å². The Balaban J connectivity index is 2.27. The molecular formula is C14H13FN2O2. The number of esters is 1. The summed E-state index contributed by atoms with van der Waals surface area (Å²) < 4.78 is 18.0. The first-order chi connectivity index (χ1) is 9.20. The SMILES string of the molecule is CCOC(=O)c1cccnc1Nc1cccc(F)c1. The van der Waals surface area contributed by atoms with Gasteiger partial charge in [-0.25, -0.2) is 14.2 Å². The number of hydrogen-bond donors (Lipinski definition) is 1. The van der Waals surface area contributed by atoms with Crippen LogP contribution >= 0.6 is 0 Å². The van der Waals surface area contributed by atoms with Gasteiger partial charge in [0.1, 0.15) is 17.2 Å². The first-order valence-electron chi connectivity index (χ1n) is 5.85. The van der Waals surface area contributed by atoms with E-state index in [9.17, 15) is 9.18 Å². The lowest BCUT2D eigenvalue weighted by atomic mass is 10.2. The third-order valence-electron chi connectivity index (χ3n) is 2.39. The van der Waals surface area contributed by atoms with Gasteiger partial charge in [-0.05, 0) is 37.3 Å². The zero-order chi connectivity index (χ0) is 13.7. The number of carbonyl (C=O) groups is 1. The maximum Gasteiger partial charge on any atom is 0.341 e. The Hall–Kier alpha value is -2.43. The number of nitrogens with one attached hydrogen (secondary N) is 1. The lowest BCUT2D eigenvalue weighted by molar-refractivity contribution is 0.0527. The Morgan fingerprint density at radius 2 is 2.21 bits per heavy atom. The molecule has 0 aliphatic carbocycles. The maximum atomic E-state index is 13.1. The lowest BCUT2D eigenvalue weighted by Gasteiger charge is -2.10. The normalized spacial score (nSPS) is 10.0. The van der Waals surface area contributed by atoms with E-state index < -0.39 is 5.97 Å². The van der Waals surface area contributed by atoms with Crippen LogP contribution in [-0.4, -0.2) is 17.6 Å². The van der Waals surface area contributed by atoms with Crippen molar-refractivity contribution < 1.29 is 13.9 Å². The number of hydrogen-bond acceptors (Lipinski definition) is 4. The molecule has 0 saturated heterocycles. The number of rotatable bonds is 4. The van der Waals surface area contributed by atoms with Crippen molar-refractivity contribution in [3.8, 4) is 0 Å². The van der Waals surface area contributed by atoms with E-state index in [1.165, 1.54) is 12.1 Å². The molecule has 1 heterocycles. The summed E-state index contributed by atoms with van der Waals surface area (Å²) in [6.07, 6.45) is 1.55. The van der Waals surface area contributed by atoms with Crippen molar-refractivity contribution in [2.45, 2.75) is 6.92 Å². The van der Waals surface area contributed by atoms with Gasteiger partial charge in [0, 0.05) is 11.9 Å². The van der Waals surface area contributed by atoms with Crippen LogP contribution in [0, 0.1) is 5.82 Å². The average molecular weight is 260 g/mol. The number of carbonyl (C=O) groups excluding carboxylic acids is 1. The standard InChI is InChI=1S/C14H13FN2O2/c1-2-19-14(18)12-7-4-8-16-13(12)17-11-6-3-5-10(15)9-11/h3-9H,2H2,1H3,(H,16,17). The van der Waals surface area contributed by atoms with Gasteiger partial charge in [-0.3, -0.25) is 0 Å². The number of ether oxygens (including phenoxy) is 1. The largest absolute Gasteiger partial charge is 0.462 e. The number of halogens is 1. The molecule has 0 saturated carbocycles. The summed E-state index contributed by atoms with van der Waals surface area (Å²) in [6, 6.07) is 9.17. The molecule has 0 aliphatic rings. The fourth-order valence-corrected chi connectivity index (χ4v) is 1.58. The highest BCUT2D eigenvalue weighted by Crippen LogP contribution is 2.19. The molecule has 1 N–H and O–H groups in total. The average Bonchev–Trinajstić information content (AvgIpc) is 2.39. The highest BCUT2D eigenvalue weighted by molar-refractivity contribution is 5.95. The van der Waals surface area contributed by atoms with E-state index in [0.717, 1.165) is 0 Å². The Kier molecular flexibility index (Phi) is 4.07. The number of benzene rings is 1. The van der Waals surface area contributed by atoms with E-state index >= 15 is 0 Å². The summed E-state index contributed by atoms with van der Waals surface area (Å²) in [6.45, 7) is 2.01. The quantitative estimate of drug-likeness (QED) is 0.858. The third-order valence-corrected chi connectivity index (χ3v) is 2.39. The highest BCUT2D eigenvalue weighted by atomic mass is 19.1. The molecule has 5 heteroatoms. The molecule has 0 aliphatic heterocycles. The van der Waals surface area contributed by atoms with Crippen LogP contribution in [0.4, 0.5) is 15.9 Å². The molecule has 0 amide bonds. The van der Waals surface area contributed by atoms with Gasteiger partial charge in [-0.2, -0.15) is 0 Å². The van der Waals surface area contributed by atoms with E-state index in [1.807, 2.05) is 0 Å². The minimum Gasteiger partial charge on any atom is -0.462 e. The second-order valence-electron chi connectivity index (χ2n) is 3.76. The smallest absolute Gasteiger partial charge is 0.341 e. The third kappa shape index (κ3) is 3.28. The summed E-state index contributed by atoms with van der Waals surface area (Å²) in [5, 5.41) is 2.90. The summed E-state index contributed by atoms with van der Waals surface area (Å²) in [5.41, 5.74) is 0.831. The van der Waals surface area contributed by atoms with E-state index in [-0.39, 0.29) is 12.4 Å². The summed E-state index contributed by atoms with van der Waals surface area (Å²) >= 11 is 0. The van der Waals surface area contributed by atoms with Crippen LogP contribution in [0.2, 0.25) is 0 Å². The Morgan fingerprint density at radius 1 is 1.37 bits per heavy atom. The van der Waals surface area contributed by atoms with Gasteiger partial charge in [-0.15, -0.1) is 0 Å². The fourth-order valence-electron chi connectivity index (χ4n) is 1.58. The zero-order valence-electron chi connectivity index (χ0n) is 10.4. The molecule has 1 aromatic heterocycles. The fraction of sp³-hybridized carbons (Fsp3) is 0.143. The van der Waals surface area contributed by atoms with Crippen LogP contribution in [0.3, 0.4) is 0 Å². The van der Waals surface area contributed by atoms with Crippen LogP contribution in [0.15, 0.2) is 42.6 Å². The van der Waals surface area contributed by atoms with Gasteiger partial charge >= 0.3 is 5.97 Å². The van der Waals surface area contributed by atoms with Crippen molar-refractivity contribution in [1.29, 1.82) is 0 Å². The van der Waals surface area contributed by atoms with Crippen molar-refractivity contribution in [3.63, 3.8) is 0 Å². The van der Waals surface area contributed by atoms with Gasteiger partial charge in [-0.1, -0.05) is 6.07 Å². The molecule has 1 aromatic carbocycles. The van der Waals surface area contributed by atoms with E-state index in [4.69, 9.17) is 4.74 Å². The number of pyridine rings is 1. The molecular weight excluding hydrogens is 247 g/mol. The van der Waals surface area contributed by atoms with Gasteiger partial charge in [0.05, 0.1) is 6.61 Å². The molecule has 0 radical (unpaired) electrons. The van der Waals surface area contributed by atoms with E-state index in [2.05, 4.69) is 10.3 Å². The number of nitrogens with zero attached hydrogens (tertiary/aromatic N) is 1. The second-order valence-corrected chi connectivity index (χ2v) is 3.76. The molecule has 0 bridgehead atoms. The van der Waals surface area contributed by atoms with Crippen molar-refractivity contribution >= 4 is 17.5 Å². The molecule has 0 spiro atoms. The van der Waals surface area contributed by atoms with Crippen molar-refractivity contribution in [2.75, 3.05) is 11.9 Å². The highest BCUT2D eigenvalue weighted by Gasteiger charge is 2.13. The summed E-state index contributed by atoms with van der Waals surface area (Å²) in [7, 11) is 0. The first kappa shape index (κ1) is 13.0. The Bertz CT molecular complexity index is 587. The summed E-state index contributed by atoms with van der Waals surface area (Å²) in [5.74, 6) is -0.486. The predicted molar refractivity (Wildman–Crippen MR) is 69.9 cm³/mol. The Morgan fingerprint density at radius 3 is 2.95 bits per heavy atom. The monoisotopic (exact) mass is 260 g/mol. The van der Waals surface area contributed by atoms with Crippen LogP contribution in [-0.2, 0) is 4.74 Å². The molecule has 0 unspecified atom stereocenters. The van der Waals surface area contributed by atoms with E-state index in [0.29, 0.717) is 17.1 Å². The minimum atomic E-state index is -0.463. The van der Waals surface area contributed by atoms with Gasteiger partial charge in [0.15, 0.2) is 0 Å². The molecule has 2 aromatic rings. The minimum absolute atomic E-state index is 0.285. The van der Waals surface area contributed by atoms with Gasteiger partial charge < -0.3 is 10.1 Å². The van der Waals surface area contributed by atoms with E-state index in [1.54, 1.807) is 37.4 Å². The zero-order valence-corrected chi connectivity index (χ0v) is 10.4. The maximum absolute atomic E-state index is 13.1. The number of aromatic nitrogens is 1. The van der Waals surface area contributed by atoms with Crippen LogP contribution in [0.25, 0.3) is 0 Å². The van der Waals surface area contributed by atoms with Crippen molar-refractivity contribution in [2.24, 2.45) is 0 Å². The van der Waals surface area contributed by atoms with Crippen LogP contribution in [0.5, 0.6) is 0 Å². The number of anilines is 2. The van der Waals surface area contributed by atoms with Gasteiger partial charge in [0.25, 0.3) is 0 Å². The molecule has 0 atom stereocenters. The molecule has 19 heavy (non-hydrogen) atoms. The lowest BCUT2D eigenvalue weighted by Crippen LogP contribution is -2.09. The van der Waals surface area contributed by atoms with Gasteiger partial charge in [0.2, 0.25) is 0 Å². The van der Waals surface area contributed by atoms with Crippen LogP contribution in [0.1, 0.15) is 17.3 Å². The molecule has 2 rings (SSSR count).